The van der Waals surface area contributed by atoms with Crippen LogP contribution in [0.15, 0.2) is 58.8 Å². The van der Waals surface area contributed by atoms with Gasteiger partial charge in [0, 0.05) is 5.56 Å². The van der Waals surface area contributed by atoms with E-state index in [0.29, 0.717) is 0 Å². The Bertz CT molecular complexity index is 812. The first-order valence-corrected chi connectivity index (χ1v) is 9.06. The summed E-state index contributed by atoms with van der Waals surface area (Å²) in [5.41, 5.74) is 2.16. The van der Waals surface area contributed by atoms with Gasteiger partial charge in [0.05, 0.1) is 19.0 Å². The summed E-state index contributed by atoms with van der Waals surface area (Å²) in [4.78, 5) is 0. The number of rotatable bonds is 9. The van der Waals surface area contributed by atoms with Gasteiger partial charge in [0.25, 0.3) is 0 Å². The molecule has 0 aliphatic rings. The van der Waals surface area contributed by atoms with Gasteiger partial charge in [-0.2, -0.15) is 14.6 Å². The first-order valence-electron chi connectivity index (χ1n) is 9.06. The largest absolute Gasteiger partial charge is 0.491 e. The summed E-state index contributed by atoms with van der Waals surface area (Å²) in [6, 6.07) is 10.8. The van der Waals surface area contributed by atoms with Crippen molar-refractivity contribution in [1.82, 2.24) is 0 Å². The highest BCUT2D eigenvalue weighted by Gasteiger charge is 2.12. The average molecular weight is 370 g/mol. The molecule has 2 aromatic rings. The van der Waals surface area contributed by atoms with Gasteiger partial charge in [-0.3, -0.25) is 0 Å². The van der Waals surface area contributed by atoms with Crippen LogP contribution in [0.3, 0.4) is 0 Å². The van der Waals surface area contributed by atoms with Gasteiger partial charge in [0.15, 0.2) is 11.6 Å². The molecule has 0 aromatic heterocycles. The van der Waals surface area contributed by atoms with Crippen molar-refractivity contribution in [2.24, 2.45) is 10.2 Å². The number of ether oxygens (including phenoxy) is 1. The highest BCUT2D eigenvalue weighted by atomic mass is 19.2. The van der Waals surface area contributed by atoms with E-state index >= 15 is 0 Å². The van der Waals surface area contributed by atoms with Crippen LogP contribution >= 0.6 is 0 Å². The quantitative estimate of drug-likeness (QED) is 0.316. The highest BCUT2D eigenvalue weighted by molar-refractivity contribution is 5.83. The van der Waals surface area contributed by atoms with Gasteiger partial charge >= 0.3 is 0 Å². The Hall–Kier alpha value is -2.82. The van der Waals surface area contributed by atoms with E-state index in [0.717, 1.165) is 24.8 Å². The lowest BCUT2D eigenvalue weighted by Gasteiger charge is -2.05. The molecule has 0 N–H and O–H groups in total. The van der Waals surface area contributed by atoms with Gasteiger partial charge in [-0.1, -0.05) is 43.3 Å². The van der Waals surface area contributed by atoms with Gasteiger partial charge < -0.3 is 4.74 Å². The predicted octanol–water partition coefficient (Wildman–Crippen LogP) is 5.72. The lowest BCUT2D eigenvalue weighted by Crippen LogP contribution is -2.00. The normalized spacial score (nSPS) is 11.9. The number of hydrogen-bond donors (Lipinski definition) is 0. The van der Waals surface area contributed by atoms with E-state index in [-0.39, 0.29) is 17.9 Å². The van der Waals surface area contributed by atoms with E-state index in [4.69, 9.17) is 4.74 Å². The Morgan fingerprint density at radius 2 is 1.63 bits per heavy atom. The maximum atomic E-state index is 13.9. The molecule has 0 heterocycles. The fourth-order valence-electron chi connectivity index (χ4n) is 2.41. The first kappa shape index (κ1) is 20.5. The van der Waals surface area contributed by atoms with Crippen LogP contribution in [0, 0.1) is 11.6 Å². The fraction of sp³-hybridized carbons (Fsp3) is 0.273. The smallest absolute Gasteiger partial charge is 0.201 e. The van der Waals surface area contributed by atoms with Gasteiger partial charge in [-0.05, 0) is 49.4 Å². The van der Waals surface area contributed by atoms with Gasteiger partial charge in [0.1, 0.15) is 0 Å². The second-order valence-corrected chi connectivity index (χ2v) is 5.86. The van der Waals surface area contributed by atoms with E-state index in [2.05, 4.69) is 29.3 Å². The molecule has 5 heteroatoms. The third-order valence-corrected chi connectivity index (χ3v) is 3.83. The highest BCUT2D eigenvalue weighted by Crippen LogP contribution is 2.21. The van der Waals surface area contributed by atoms with Crippen molar-refractivity contribution >= 4 is 12.4 Å². The van der Waals surface area contributed by atoms with E-state index in [1.807, 2.05) is 24.3 Å². The Morgan fingerprint density at radius 3 is 2.33 bits per heavy atom. The number of benzene rings is 2. The topological polar surface area (TPSA) is 34.0 Å². The summed E-state index contributed by atoms with van der Waals surface area (Å²) in [6.07, 6.45) is 10.2. The Kier molecular flexibility index (Phi) is 8.36. The Labute approximate surface area is 159 Å². The van der Waals surface area contributed by atoms with Crippen molar-refractivity contribution in [2.45, 2.75) is 33.1 Å². The minimum absolute atomic E-state index is 0.0172. The maximum absolute atomic E-state index is 13.9. The van der Waals surface area contributed by atoms with Crippen molar-refractivity contribution in [3.63, 3.8) is 0 Å². The molecular weight excluding hydrogens is 346 g/mol. The molecule has 0 fully saturated rings. The van der Waals surface area contributed by atoms with Crippen molar-refractivity contribution in [3.8, 4) is 5.75 Å². The molecule has 0 aliphatic carbocycles. The summed E-state index contributed by atoms with van der Waals surface area (Å²) in [6.45, 7) is 4.09. The number of allylic oxidation sites excluding steroid dienone is 2. The van der Waals surface area contributed by atoms with E-state index in [9.17, 15) is 8.78 Å². The van der Waals surface area contributed by atoms with Crippen LogP contribution in [0.25, 0.3) is 0 Å². The molecule has 3 nitrogen and oxygen atoms in total. The zero-order chi connectivity index (χ0) is 19.5. The number of halogens is 2. The zero-order valence-electron chi connectivity index (χ0n) is 15.7. The molecule has 0 saturated carbocycles. The second kappa shape index (κ2) is 11.0. The second-order valence-electron chi connectivity index (χ2n) is 5.86. The third-order valence-electron chi connectivity index (χ3n) is 3.83. The molecule has 2 rings (SSSR count). The number of nitrogens with zero attached hydrogens (tertiary/aromatic N) is 2. The monoisotopic (exact) mass is 370 g/mol. The van der Waals surface area contributed by atoms with Crippen LogP contribution in [0.5, 0.6) is 5.75 Å². The predicted molar refractivity (Wildman–Crippen MR) is 107 cm³/mol. The molecule has 27 heavy (non-hydrogen) atoms. The molecule has 2 aromatic carbocycles. The standard InChI is InChI=1S/C22H24F2N2O/c1-3-5-6-7-8-17-9-11-18(12-10-17)15-25-26-16-19-13-14-20(27-4-2)22(24)21(19)23/h5-6,9-16H,3-4,7-8H2,1-2H3/b6-5+,25-15?,26-16?. The van der Waals surface area contributed by atoms with Gasteiger partial charge in [-0.25, -0.2) is 4.39 Å². The molecule has 142 valence electrons. The van der Waals surface area contributed by atoms with Crippen LogP contribution in [0.2, 0.25) is 0 Å². The number of hydrogen-bond acceptors (Lipinski definition) is 3. The molecule has 0 aliphatic heterocycles. The summed E-state index contributed by atoms with van der Waals surface area (Å²) in [7, 11) is 0. The Morgan fingerprint density at radius 1 is 0.889 bits per heavy atom. The van der Waals surface area contributed by atoms with Crippen LogP contribution in [0.1, 0.15) is 43.4 Å². The molecular formula is C22H24F2N2O. The maximum Gasteiger partial charge on any atom is 0.201 e. The lowest BCUT2D eigenvalue weighted by molar-refractivity contribution is 0.314. The molecule has 0 atom stereocenters. The summed E-state index contributed by atoms with van der Waals surface area (Å²) >= 11 is 0. The third kappa shape index (κ3) is 6.44. The van der Waals surface area contributed by atoms with Crippen LogP contribution in [0.4, 0.5) is 8.78 Å². The van der Waals surface area contributed by atoms with Crippen LogP contribution < -0.4 is 4.74 Å². The average Bonchev–Trinajstić information content (AvgIpc) is 2.69. The van der Waals surface area contributed by atoms with Crippen molar-refractivity contribution in [3.05, 3.63) is 76.9 Å². The molecule has 0 radical (unpaired) electrons. The first-order chi connectivity index (χ1) is 13.2. The summed E-state index contributed by atoms with van der Waals surface area (Å²) < 4.78 is 32.7. The minimum atomic E-state index is -1.02. The SMILES string of the molecule is CC/C=C/CCc1ccc(C=NN=Cc2ccc(OCC)c(F)c2F)cc1. The van der Waals surface area contributed by atoms with Crippen LogP contribution in [-0.2, 0) is 6.42 Å². The minimum Gasteiger partial charge on any atom is -0.491 e. The zero-order valence-corrected chi connectivity index (χ0v) is 15.7. The van der Waals surface area contributed by atoms with Crippen molar-refractivity contribution < 1.29 is 13.5 Å². The lowest BCUT2D eigenvalue weighted by atomic mass is 10.1. The molecule has 0 bridgehead atoms. The van der Waals surface area contributed by atoms with Crippen molar-refractivity contribution in [2.75, 3.05) is 6.61 Å². The summed E-state index contributed by atoms with van der Waals surface area (Å²) in [5, 5.41) is 7.69. The molecule has 0 spiro atoms. The van der Waals surface area contributed by atoms with Gasteiger partial charge in [0.2, 0.25) is 5.82 Å². The summed E-state index contributed by atoms with van der Waals surface area (Å²) in [5.74, 6) is -2.13. The van der Waals surface area contributed by atoms with Crippen LogP contribution in [-0.4, -0.2) is 19.0 Å². The fourth-order valence-corrected chi connectivity index (χ4v) is 2.41. The van der Waals surface area contributed by atoms with E-state index in [1.54, 1.807) is 13.1 Å². The molecule has 0 unspecified atom stereocenters. The van der Waals surface area contributed by atoms with Crippen molar-refractivity contribution in [1.29, 1.82) is 0 Å². The molecule has 0 amide bonds. The number of aryl methyl sites for hydroxylation is 1. The van der Waals surface area contributed by atoms with Gasteiger partial charge in [-0.15, -0.1) is 0 Å². The molecule has 0 saturated heterocycles. The van der Waals surface area contributed by atoms with E-state index < -0.39 is 11.6 Å². The van der Waals surface area contributed by atoms with E-state index in [1.165, 1.54) is 23.9 Å². The Balaban J connectivity index is 1.95.